The predicted molar refractivity (Wildman–Crippen MR) is 73.4 cm³/mol. The Labute approximate surface area is 113 Å². The topological polar surface area (TPSA) is 87.7 Å². The molecule has 7 heteroatoms. The summed E-state index contributed by atoms with van der Waals surface area (Å²) in [5.41, 5.74) is 6.55. The van der Waals surface area contributed by atoms with Gasteiger partial charge in [0, 0.05) is 32.7 Å². The van der Waals surface area contributed by atoms with Crippen LogP contribution in [0.4, 0.5) is 11.5 Å². The Hall–Kier alpha value is -1.60. The predicted octanol–water partition coefficient (Wildman–Crippen LogP) is -0.428. The molecule has 19 heavy (non-hydrogen) atoms. The summed E-state index contributed by atoms with van der Waals surface area (Å²) in [5.74, 6) is 1.19. The van der Waals surface area contributed by atoms with Gasteiger partial charge in [-0.25, -0.2) is 4.98 Å². The van der Waals surface area contributed by atoms with Crippen LogP contribution in [0.3, 0.4) is 0 Å². The molecule has 0 aliphatic carbocycles. The SMILES string of the molecule is CCOc1ncnc(N2CCN(CCO)CC2)c1N. The van der Waals surface area contributed by atoms with Gasteiger partial charge in [-0.15, -0.1) is 0 Å². The molecule has 106 valence electrons. The molecule has 2 rings (SSSR count). The second-order valence-corrected chi connectivity index (χ2v) is 4.40. The summed E-state index contributed by atoms with van der Waals surface area (Å²) in [6.07, 6.45) is 1.48. The number of piperazine rings is 1. The summed E-state index contributed by atoms with van der Waals surface area (Å²) in [7, 11) is 0. The normalized spacial score (nSPS) is 16.6. The van der Waals surface area contributed by atoms with Crippen LogP contribution in [0.1, 0.15) is 6.92 Å². The Morgan fingerprint density at radius 1 is 1.32 bits per heavy atom. The van der Waals surface area contributed by atoms with Crippen molar-refractivity contribution in [1.29, 1.82) is 0 Å². The van der Waals surface area contributed by atoms with Crippen LogP contribution in [0.15, 0.2) is 6.33 Å². The maximum Gasteiger partial charge on any atom is 0.242 e. The summed E-state index contributed by atoms with van der Waals surface area (Å²) in [6, 6.07) is 0. The summed E-state index contributed by atoms with van der Waals surface area (Å²) < 4.78 is 5.38. The van der Waals surface area contributed by atoms with E-state index in [-0.39, 0.29) is 6.61 Å². The van der Waals surface area contributed by atoms with E-state index < -0.39 is 0 Å². The highest BCUT2D eigenvalue weighted by Crippen LogP contribution is 2.28. The fourth-order valence-corrected chi connectivity index (χ4v) is 2.20. The van der Waals surface area contributed by atoms with Crippen molar-refractivity contribution in [2.75, 3.05) is 56.6 Å². The number of aliphatic hydroxyl groups excluding tert-OH is 1. The van der Waals surface area contributed by atoms with E-state index in [1.54, 1.807) is 0 Å². The molecule has 1 aliphatic rings. The maximum atomic E-state index is 8.93. The van der Waals surface area contributed by atoms with Crippen molar-refractivity contribution in [3.8, 4) is 5.88 Å². The van der Waals surface area contributed by atoms with E-state index in [2.05, 4.69) is 19.8 Å². The molecule has 1 fully saturated rings. The molecule has 0 amide bonds. The van der Waals surface area contributed by atoms with Gasteiger partial charge in [-0.05, 0) is 6.92 Å². The molecule has 1 aliphatic heterocycles. The number of ether oxygens (including phenoxy) is 1. The maximum absolute atomic E-state index is 8.93. The smallest absolute Gasteiger partial charge is 0.242 e. The standard InChI is InChI=1S/C12H21N5O2/c1-2-19-12-10(13)11(14-9-15-12)17-5-3-16(4-6-17)7-8-18/h9,18H,2-8,13H2,1H3. The third kappa shape index (κ3) is 3.24. The molecule has 0 aromatic carbocycles. The van der Waals surface area contributed by atoms with E-state index in [1.165, 1.54) is 6.33 Å². The van der Waals surface area contributed by atoms with E-state index in [0.717, 1.165) is 38.5 Å². The van der Waals surface area contributed by atoms with Crippen molar-refractivity contribution in [2.24, 2.45) is 0 Å². The van der Waals surface area contributed by atoms with Crippen LogP contribution >= 0.6 is 0 Å². The van der Waals surface area contributed by atoms with Gasteiger partial charge in [0.1, 0.15) is 12.0 Å². The summed E-state index contributed by atoms with van der Waals surface area (Å²) >= 11 is 0. The molecule has 1 aromatic rings. The van der Waals surface area contributed by atoms with Gasteiger partial charge in [0.15, 0.2) is 5.82 Å². The molecule has 0 saturated carbocycles. The lowest BCUT2D eigenvalue weighted by Gasteiger charge is -2.35. The van der Waals surface area contributed by atoms with E-state index in [0.29, 0.717) is 18.2 Å². The van der Waals surface area contributed by atoms with Gasteiger partial charge < -0.3 is 20.5 Å². The molecule has 0 radical (unpaired) electrons. The minimum absolute atomic E-state index is 0.199. The van der Waals surface area contributed by atoms with Crippen LogP contribution in [0.25, 0.3) is 0 Å². The summed E-state index contributed by atoms with van der Waals surface area (Å²) in [4.78, 5) is 12.6. The number of nitrogens with zero attached hydrogens (tertiary/aromatic N) is 4. The number of aliphatic hydroxyl groups is 1. The van der Waals surface area contributed by atoms with Crippen LogP contribution in [0, 0.1) is 0 Å². The molecular formula is C12H21N5O2. The fourth-order valence-electron chi connectivity index (χ4n) is 2.20. The van der Waals surface area contributed by atoms with Gasteiger partial charge in [-0.3, -0.25) is 4.90 Å². The first-order chi connectivity index (χ1) is 9.26. The van der Waals surface area contributed by atoms with Crippen LogP contribution in [-0.2, 0) is 0 Å². The monoisotopic (exact) mass is 267 g/mol. The van der Waals surface area contributed by atoms with E-state index in [1.807, 2.05) is 6.92 Å². The first kappa shape index (κ1) is 13.8. The average molecular weight is 267 g/mol. The van der Waals surface area contributed by atoms with Crippen LogP contribution < -0.4 is 15.4 Å². The zero-order valence-corrected chi connectivity index (χ0v) is 11.2. The molecule has 0 unspecified atom stereocenters. The zero-order chi connectivity index (χ0) is 13.7. The number of rotatable bonds is 5. The van der Waals surface area contributed by atoms with Crippen LogP contribution in [0.2, 0.25) is 0 Å². The number of nitrogen functional groups attached to an aromatic ring is 1. The molecule has 1 saturated heterocycles. The van der Waals surface area contributed by atoms with Crippen molar-refractivity contribution < 1.29 is 9.84 Å². The molecule has 2 heterocycles. The number of anilines is 2. The second kappa shape index (κ2) is 6.53. The Morgan fingerprint density at radius 3 is 2.68 bits per heavy atom. The first-order valence-electron chi connectivity index (χ1n) is 6.57. The minimum atomic E-state index is 0.199. The van der Waals surface area contributed by atoms with Gasteiger partial charge in [0.05, 0.1) is 13.2 Å². The van der Waals surface area contributed by atoms with Crippen molar-refractivity contribution in [1.82, 2.24) is 14.9 Å². The third-order valence-electron chi connectivity index (χ3n) is 3.20. The van der Waals surface area contributed by atoms with E-state index in [4.69, 9.17) is 15.6 Å². The summed E-state index contributed by atoms with van der Waals surface area (Å²) in [5, 5.41) is 8.93. The molecule has 0 bridgehead atoms. The van der Waals surface area contributed by atoms with Gasteiger partial charge in [-0.1, -0.05) is 0 Å². The van der Waals surface area contributed by atoms with Gasteiger partial charge in [0.25, 0.3) is 0 Å². The number of hydrogen-bond acceptors (Lipinski definition) is 7. The Balaban J connectivity index is 2.05. The second-order valence-electron chi connectivity index (χ2n) is 4.40. The molecule has 0 spiro atoms. The number of nitrogens with two attached hydrogens (primary N) is 1. The fraction of sp³-hybridized carbons (Fsp3) is 0.667. The quantitative estimate of drug-likeness (QED) is 0.748. The Morgan fingerprint density at radius 2 is 2.05 bits per heavy atom. The summed E-state index contributed by atoms with van der Waals surface area (Å²) in [6.45, 7) is 6.82. The highest BCUT2D eigenvalue weighted by atomic mass is 16.5. The van der Waals surface area contributed by atoms with Gasteiger partial charge in [0.2, 0.25) is 5.88 Å². The largest absolute Gasteiger partial charge is 0.476 e. The van der Waals surface area contributed by atoms with Gasteiger partial charge >= 0.3 is 0 Å². The molecule has 1 aromatic heterocycles. The number of aromatic nitrogens is 2. The number of β-amino-alcohol motifs (C(OH)–C–C–N with tert-alkyl or cyclic N) is 1. The highest BCUT2D eigenvalue weighted by molar-refractivity contribution is 5.67. The molecule has 0 atom stereocenters. The van der Waals surface area contributed by atoms with Gasteiger partial charge in [-0.2, -0.15) is 4.98 Å². The minimum Gasteiger partial charge on any atom is -0.476 e. The zero-order valence-electron chi connectivity index (χ0n) is 11.2. The van der Waals surface area contributed by atoms with Crippen LogP contribution in [-0.4, -0.2) is 65.9 Å². The van der Waals surface area contributed by atoms with Crippen LogP contribution in [0.5, 0.6) is 5.88 Å². The highest BCUT2D eigenvalue weighted by Gasteiger charge is 2.21. The average Bonchev–Trinajstić information content (AvgIpc) is 2.43. The van der Waals surface area contributed by atoms with Crippen molar-refractivity contribution in [2.45, 2.75) is 6.92 Å². The Kier molecular flexibility index (Phi) is 4.75. The van der Waals surface area contributed by atoms with Crippen molar-refractivity contribution >= 4 is 11.5 Å². The van der Waals surface area contributed by atoms with E-state index >= 15 is 0 Å². The lowest BCUT2D eigenvalue weighted by Crippen LogP contribution is -2.47. The molecule has 7 nitrogen and oxygen atoms in total. The third-order valence-corrected chi connectivity index (χ3v) is 3.20. The number of hydrogen-bond donors (Lipinski definition) is 2. The van der Waals surface area contributed by atoms with E-state index in [9.17, 15) is 0 Å². The van der Waals surface area contributed by atoms with Crippen molar-refractivity contribution in [3.63, 3.8) is 0 Å². The Bertz CT molecular complexity index is 407. The molecule has 3 N–H and O–H groups in total. The lowest BCUT2D eigenvalue weighted by atomic mass is 10.3. The molecular weight excluding hydrogens is 246 g/mol. The van der Waals surface area contributed by atoms with Crippen molar-refractivity contribution in [3.05, 3.63) is 6.33 Å². The first-order valence-corrected chi connectivity index (χ1v) is 6.57. The lowest BCUT2D eigenvalue weighted by molar-refractivity contribution is 0.188.